The van der Waals surface area contributed by atoms with Crippen LogP contribution in [0.1, 0.15) is 109 Å². The van der Waals surface area contributed by atoms with Crippen molar-refractivity contribution in [1.82, 2.24) is 10.6 Å². The van der Waals surface area contributed by atoms with Crippen LogP contribution in [0.4, 0.5) is 0 Å². The minimum Gasteiger partial charge on any atom is -0.469 e. The molecule has 3 spiro atoms. The van der Waals surface area contributed by atoms with Gasteiger partial charge >= 0.3 is 11.9 Å². The van der Waals surface area contributed by atoms with E-state index in [4.69, 9.17) is 23.4 Å². The first-order valence-corrected chi connectivity index (χ1v) is 20.9. The zero-order valence-electron chi connectivity index (χ0n) is 32.2. The zero-order chi connectivity index (χ0) is 37.6. The summed E-state index contributed by atoms with van der Waals surface area (Å²) in [6.45, 7) is 9.83. The molecule has 4 saturated carbocycles. The first-order valence-electron chi connectivity index (χ1n) is 20.9. The van der Waals surface area contributed by atoms with Gasteiger partial charge in [-0.2, -0.15) is 0 Å². The maximum atomic E-state index is 14.9. The Morgan fingerprint density at radius 3 is 2.43 bits per heavy atom. The predicted octanol–water partition coefficient (Wildman–Crippen LogP) is 3.75. The van der Waals surface area contributed by atoms with Crippen LogP contribution < -0.4 is 10.6 Å². The number of esters is 2. The molecule has 12 atom stereocenters. The van der Waals surface area contributed by atoms with Crippen LogP contribution in [0, 0.1) is 51.2 Å². The molecule has 54 heavy (non-hydrogen) atoms. The average molecular weight is 751 g/mol. The predicted molar refractivity (Wildman–Crippen MR) is 191 cm³/mol. The number of aliphatic hydroxyl groups excluding tert-OH is 2. The molecule has 6 heterocycles. The number of ether oxygens (including phenoxy) is 4. The molecule has 0 amide bonds. The Kier molecular flexibility index (Phi) is 7.90. The number of furan rings is 1. The molecule has 4 N–H and O–H groups in total. The molecular formula is C42H58N2O10. The number of carbonyl (C=O) groups excluding carboxylic acids is 3. The maximum Gasteiger partial charge on any atom is 0.339 e. The number of fused-ring (bicyclic) bond motifs is 2. The highest BCUT2D eigenvalue weighted by atomic mass is 16.7. The molecule has 0 bridgehead atoms. The molecule has 1 aromatic heterocycles. The molecular weight excluding hydrogens is 692 g/mol. The highest BCUT2D eigenvalue weighted by molar-refractivity contribution is 5.92. The van der Waals surface area contributed by atoms with E-state index in [-0.39, 0.29) is 36.8 Å². The summed E-state index contributed by atoms with van der Waals surface area (Å²) < 4.78 is 32.4. The normalized spacial score (nSPS) is 48.9. The molecule has 4 aliphatic carbocycles. The fraction of sp³-hybridized carbons (Fsp3) is 0.833. The van der Waals surface area contributed by atoms with E-state index in [2.05, 4.69) is 17.6 Å². The molecule has 10 rings (SSSR count). The third-order valence-corrected chi connectivity index (χ3v) is 17.4. The Hall–Kier alpha value is -2.35. The number of hydrogen-bond acceptors (Lipinski definition) is 12. The number of cyclic esters (lactones) is 2. The average Bonchev–Trinajstić information content (AvgIpc) is 3.63. The highest BCUT2D eigenvalue weighted by Crippen LogP contribution is 2.81. The second kappa shape index (κ2) is 11.8. The van der Waals surface area contributed by atoms with Crippen LogP contribution in [0.15, 0.2) is 16.7 Å². The highest BCUT2D eigenvalue weighted by Gasteiger charge is 2.91. The fourth-order valence-electron chi connectivity index (χ4n) is 15.0. The van der Waals surface area contributed by atoms with Gasteiger partial charge in [-0.15, -0.1) is 0 Å². The van der Waals surface area contributed by atoms with E-state index < -0.39 is 69.2 Å². The van der Waals surface area contributed by atoms with Gasteiger partial charge in [0.15, 0.2) is 11.9 Å². The number of rotatable bonds is 6. The summed E-state index contributed by atoms with van der Waals surface area (Å²) in [6, 6.07) is 2.40. The molecule has 5 saturated heterocycles. The van der Waals surface area contributed by atoms with Crippen LogP contribution in [0.2, 0.25) is 0 Å². The monoisotopic (exact) mass is 750 g/mol. The number of nitrogens with one attached hydrogen (secondary N) is 2. The van der Waals surface area contributed by atoms with Crippen molar-refractivity contribution >= 4 is 17.7 Å². The van der Waals surface area contributed by atoms with Crippen LogP contribution >= 0.6 is 0 Å². The van der Waals surface area contributed by atoms with Crippen LogP contribution in [0.5, 0.6) is 0 Å². The van der Waals surface area contributed by atoms with Gasteiger partial charge in [0.2, 0.25) is 0 Å². The van der Waals surface area contributed by atoms with E-state index >= 15 is 0 Å². The Balaban J connectivity index is 0.996. The van der Waals surface area contributed by atoms with Crippen LogP contribution in [-0.4, -0.2) is 89.9 Å². The van der Waals surface area contributed by atoms with Crippen LogP contribution in [0.3, 0.4) is 0 Å². The second-order valence-corrected chi connectivity index (χ2v) is 19.8. The molecule has 296 valence electrons. The number of carbonyl (C=O) groups is 3. The summed E-state index contributed by atoms with van der Waals surface area (Å²) in [6.07, 6.45) is 7.09. The Bertz CT molecular complexity index is 1720. The van der Waals surface area contributed by atoms with Crippen molar-refractivity contribution in [2.75, 3.05) is 26.4 Å². The lowest BCUT2D eigenvalue weighted by molar-refractivity contribution is -0.264. The van der Waals surface area contributed by atoms with Gasteiger partial charge in [0, 0.05) is 54.1 Å². The van der Waals surface area contributed by atoms with Crippen molar-refractivity contribution in [3.63, 3.8) is 0 Å². The molecule has 12 unspecified atom stereocenters. The molecule has 1 aromatic rings. The van der Waals surface area contributed by atoms with Gasteiger partial charge in [-0.1, -0.05) is 26.7 Å². The molecule has 0 aromatic carbocycles. The number of Topliss-reactive ketones (excluding diaryl/α,β-unsaturated/α-hetero) is 1. The number of epoxide rings is 1. The molecule has 9 fully saturated rings. The molecule has 0 radical (unpaired) electrons. The molecule has 9 aliphatic rings. The summed E-state index contributed by atoms with van der Waals surface area (Å²) in [5.74, 6) is -0.392. The van der Waals surface area contributed by atoms with Crippen LogP contribution in [0.25, 0.3) is 0 Å². The fourth-order valence-corrected chi connectivity index (χ4v) is 15.0. The first kappa shape index (κ1) is 36.0. The molecule has 5 aliphatic heterocycles. The Morgan fingerprint density at radius 2 is 1.72 bits per heavy atom. The summed E-state index contributed by atoms with van der Waals surface area (Å²) in [5, 5.41) is 30.2. The molecule has 12 nitrogen and oxygen atoms in total. The van der Waals surface area contributed by atoms with Gasteiger partial charge < -0.3 is 44.2 Å². The SMILES string of the molecule is CC1(C)OC2C3(CCCC3)C(=O)OCC23C1C(=O)C(O)C1(C)C3CCC2(C)C(c3ccoc3CC(CO)C3CCC(C4CNCN4)CC3)OC(=O)C3OC321. The van der Waals surface area contributed by atoms with E-state index in [1.54, 1.807) is 6.26 Å². The topological polar surface area (TPSA) is 169 Å². The number of ketones is 1. The lowest BCUT2D eigenvalue weighted by Gasteiger charge is -2.67. The van der Waals surface area contributed by atoms with E-state index in [0.717, 1.165) is 57.3 Å². The van der Waals surface area contributed by atoms with Gasteiger partial charge in [-0.3, -0.25) is 9.59 Å². The van der Waals surface area contributed by atoms with Crippen molar-refractivity contribution in [3.8, 4) is 0 Å². The van der Waals surface area contributed by atoms with Gasteiger partial charge in [-0.05, 0) is 95.0 Å². The van der Waals surface area contributed by atoms with Crippen molar-refractivity contribution < 1.29 is 48.0 Å². The standard InChI is InChI=1S/C42H58N2O10/c1-37(2)30-29(46)31(47)39(4)28(41(30)20-51-36(49)40(35(41)54-37)13-5-6-14-40)11-15-38(3)32(52-34(48)33-42(38,39)53-33)25-12-16-50-27(25)17-24(19-45)22-7-9-23(10-8-22)26-18-43-21-44-26/h12,16,22-24,26,28,30-33,35,43-45,47H,5-11,13-15,17-21H2,1-4H3. The Labute approximate surface area is 317 Å². The lowest BCUT2D eigenvalue weighted by atomic mass is 9.35. The summed E-state index contributed by atoms with van der Waals surface area (Å²) in [4.78, 5) is 42.7. The maximum absolute atomic E-state index is 14.9. The minimum atomic E-state index is -1.43. The van der Waals surface area contributed by atoms with Gasteiger partial charge in [0.25, 0.3) is 0 Å². The van der Waals surface area contributed by atoms with Crippen molar-refractivity contribution in [1.29, 1.82) is 0 Å². The summed E-state index contributed by atoms with van der Waals surface area (Å²) in [7, 11) is 0. The number of hydrogen-bond donors (Lipinski definition) is 4. The third-order valence-electron chi connectivity index (χ3n) is 17.4. The Morgan fingerprint density at radius 1 is 0.963 bits per heavy atom. The lowest BCUT2D eigenvalue weighted by Crippen LogP contribution is -2.77. The first-order chi connectivity index (χ1) is 25.8. The van der Waals surface area contributed by atoms with Crippen molar-refractivity contribution in [2.45, 2.75) is 140 Å². The van der Waals surface area contributed by atoms with E-state index in [0.29, 0.717) is 55.7 Å². The second-order valence-electron chi connectivity index (χ2n) is 19.8. The van der Waals surface area contributed by atoms with E-state index in [1.165, 1.54) is 0 Å². The van der Waals surface area contributed by atoms with E-state index in [1.807, 2.05) is 26.8 Å². The third kappa shape index (κ3) is 4.28. The molecule has 12 heteroatoms. The van der Waals surface area contributed by atoms with E-state index in [9.17, 15) is 24.6 Å². The van der Waals surface area contributed by atoms with Gasteiger partial charge in [-0.25, -0.2) is 4.79 Å². The largest absolute Gasteiger partial charge is 0.469 e. The van der Waals surface area contributed by atoms with Gasteiger partial charge in [0.05, 0.1) is 29.3 Å². The quantitative estimate of drug-likeness (QED) is 0.246. The smallest absolute Gasteiger partial charge is 0.339 e. The number of aliphatic hydroxyl groups is 2. The van der Waals surface area contributed by atoms with Gasteiger partial charge in [0.1, 0.15) is 30.2 Å². The summed E-state index contributed by atoms with van der Waals surface area (Å²) >= 11 is 0. The van der Waals surface area contributed by atoms with Crippen molar-refractivity contribution in [3.05, 3.63) is 23.7 Å². The zero-order valence-corrected chi connectivity index (χ0v) is 32.2. The minimum absolute atomic E-state index is 0.00172. The summed E-state index contributed by atoms with van der Waals surface area (Å²) in [5.41, 5.74) is -5.13. The van der Waals surface area contributed by atoms with Crippen molar-refractivity contribution in [2.24, 2.45) is 51.2 Å². The van der Waals surface area contributed by atoms with Crippen LogP contribution in [-0.2, 0) is 39.8 Å².